The Morgan fingerprint density at radius 2 is 1.71 bits per heavy atom. The van der Waals surface area contributed by atoms with E-state index in [1.54, 1.807) is 12.1 Å². The molecule has 0 amide bonds. The molecule has 0 aliphatic rings. The second-order valence-electron chi connectivity index (χ2n) is 5.17. The molecule has 2 rings (SSSR count). The van der Waals surface area contributed by atoms with Crippen LogP contribution in [0.2, 0.25) is 0 Å². The first-order valence-corrected chi connectivity index (χ1v) is 7.35. The second kappa shape index (κ2) is 8.04. The van der Waals surface area contributed by atoms with Crippen molar-refractivity contribution in [3.05, 3.63) is 82.7 Å². The number of allylic oxidation sites excluding steroid dienone is 1. The predicted octanol–water partition coefficient (Wildman–Crippen LogP) is 4.88. The third kappa shape index (κ3) is 4.27. The lowest BCUT2D eigenvalue weighted by atomic mass is 10.0. The zero-order valence-electron chi connectivity index (χ0n) is 12.9. The van der Waals surface area contributed by atoms with Crippen LogP contribution < -0.4 is 0 Å². The molecular weight excluding hydrogens is 311 g/mol. The van der Waals surface area contributed by atoms with Gasteiger partial charge in [-0.2, -0.15) is 5.26 Å². The Balaban J connectivity index is 2.22. The van der Waals surface area contributed by atoms with E-state index < -0.39 is 23.0 Å². The van der Waals surface area contributed by atoms with E-state index in [9.17, 15) is 13.2 Å². The van der Waals surface area contributed by atoms with Gasteiger partial charge in [-0.15, -0.1) is 6.58 Å². The average molecular weight is 325 g/mol. The molecule has 0 aromatic heterocycles. The van der Waals surface area contributed by atoms with Crippen LogP contribution in [0.4, 0.5) is 13.2 Å². The Morgan fingerprint density at radius 3 is 2.29 bits per heavy atom. The van der Waals surface area contributed by atoms with Gasteiger partial charge in [-0.25, -0.2) is 13.2 Å². The van der Waals surface area contributed by atoms with Crippen molar-refractivity contribution in [2.24, 2.45) is 0 Å². The molecule has 0 atom stereocenters. The molecule has 2 aromatic rings. The highest BCUT2D eigenvalue weighted by Crippen LogP contribution is 2.15. The fraction of sp³-hybridized carbons (Fsp3) is 0.150. The summed E-state index contributed by atoms with van der Waals surface area (Å²) in [5, 5.41) is 8.62. The monoisotopic (exact) mass is 325 g/mol. The van der Waals surface area contributed by atoms with Gasteiger partial charge < -0.3 is 0 Å². The maximum absolute atomic E-state index is 14.0. The summed E-state index contributed by atoms with van der Waals surface area (Å²) >= 11 is 0. The largest absolute Gasteiger partial charge is 0.206 e. The quantitative estimate of drug-likeness (QED) is 0.446. The molecule has 0 radical (unpaired) electrons. The average Bonchev–Trinajstić information content (AvgIpc) is 2.54. The Morgan fingerprint density at radius 1 is 1.00 bits per heavy atom. The minimum absolute atomic E-state index is 0.0402. The van der Waals surface area contributed by atoms with Crippen molar-refractivity contribution in [3.8, 4) is 17.9 Å². The van der Waals surface area contributed by atoms with E-state index >= 15 is 0 Å². The van der Waals surface area contributed by atoms with E-state index in [0.717, 1.165) is 37.0 Å². The van der Waals surface area contributed by atoms with Gasteiger partial charge in [0.25, 0.3) is 0 Å². The van der Waals surface area contributed by atoms with E-state index in [0.29, 0.717) is 0 Å². The van der Waals surface area contributed by atoms with Crippen LogP contribution in [0.5, 0.6) is 0 Å². The smallest absolute Gasteiger partial charge is 0.145 e. The number of hydrogen-bond acceptors (Lipinski definition) is 1. The van der Waals surface area contributed by atoms with Crippen LogP contribution >= 0.6 is 0 Å². The molecule has 0 N–H and O–H groups in total. The normalized spacial score (nSPS) is 9.75. The first-order chi connectivity index (χ1) is 11.5. The van der Waals surface area contributed by atoms with Crippen LogP contribution in [-0.2, 0) is 6.42 Å². The number of rotatable bonds is 4. The minimum atomic E-state index is -0.986. The highest BCUT2D eigenvalue weighted by molar-refractivity contribution is 5.47. The topological polar surface area (TPSA) is 23.8 Å². The number of nitriles is 1. The van der Waals surface area contributed by atoms with Crippen LogP contribution in [0.25, 0.3) is 0 Å². The molecule has 2 aromatic carbocycles. The molecule has 0 saturated heterocycles. The Bertz CT molecular complexity index is 844. The Hall–Kier alpha value is -2.98. The van der Waals surface area contributed by atoms with Gasteiger partial charge in [0.15, 0.2) is 0 Å². The fourth-order valence-corrected chi connectivity index (χ4v) is 2.16. The number of benzene rings is 2. The molecule has 24 heavy (non-hydrogen) atoms. The van der Waals surface area contributed by atoms with Gasteiger partial charge in [-0.05, 0) is 49.1 Å². The molecule has 0 bridgehead atoms. The Labute approximate surface area is 139 Å². The zero-order chi connectivity index (χ0) is 17.5. The molecule has 120 valence electrons. The maximum atomic E-state index is 14.0. The van der Waals surface area contributed by atoms with Gasteiger partial charge in [-0.3, -0.25) is 0 Å². The third-order valence-corrected chi connectivity index (χ3v) is 3.40. The highest BCUT2D eigenvalue weighted by atomic mass is 19.1. The molecule has 0 spiro atoms. The lowest BCUT2D eigenvalue weighted by Gasteiger charge is -2.02. The first-order valence-electron chi connectivity index (χ1n) is 7.35. The molecule has 0 unspecified atom stereocenters. The molecule has 0 aliphatic carbocycles. The fourth-order valence-electron chi connectivity index (χ4n) is 2.16. The second-order valence-corrected chi connectivity index (χ2v) is 5.17. The molecule has 0 fully saturated rings. The summed E-state index contributed by atoms with van der Waals surface area (Å²) in [7, 11) is 0. The van der Waals surface area contributed by atoms with Gasteiger partial charge in [0.2, 0.25) is 0 Å². The van der Waals surface area contributed by atoms with E-state index in [1.165, 1.54) is 12.1 Å². The van der Waals surface area contributed by atoms with E-state index in [4.69, 9.17) is 5.26 Å². The first kappa shape index (κ1) is 17.4. The van der Waals surface area contributed by atoms with Crippen molar-refractivity contribution in [2.75, 3.05) is 0 Å². The summed E-state index contributed by atoms with van der Waals surface area (Å²) in [6.45, 7) is 3.64. The number of hydrogen-bond donors (Lipinski definition) is 0. The van der Waals surface area contributed by atoms with Gasteiger partial charge in [-0.1, -0.05) is 24.0 Å². The molecule has 0 aliphatic heterocycles. The molecule has 0 heterocycles. The summed E-state index contributed by atoms with van der Waals surface area (Å²) < 4.78 is 41.0. The summed E-state index contributed by atoms with van der Waals surface area (Å²) in [4.78, 5) is 0. The van der Waals surface area contributed by atoms with Crippen molar-refractivity contribution < 1.29 is 13.2 Å². The van der Waals surface area contributed by atoms with Crippen molar-refractivity contribution in [3.63, 3.8) is 0 Å². The minimum Gasteiger partial charge on any atom is -0.206 e. The molecule has 0 saturated carbocycles. The predicted molar refractivity (Wildman–Crippen MR) is 86.6 cm³/mol. The van der Waals surface area contributed by atoms with E-state index in [1.807, 2.05) is 6.08 Å². The molecular formula is C20H14F3N. The van der Waals surface area contributed by atoms with Crippen molar-refractivity contribution in [1.82, 2.24) is 0 Å². The van der Waals surface area contributed by atoms with Crippen molar-refractivity contribution >= 4 is 0 Å². The number of nitrogens with zero attached hydrogens (tertiary/aromatic N) is 1. The SMILES string of the molecule is C=CCCCc1ccc(C#Cc2cc(F)c(C#N)c(F)c2)c(F)c1. The lowest BCUT2D eigenvalue weighted by Crippen LogP contribution is -1.92. The highest BCUT2D eigenvalue weighted by Gasteiger charge is 2.09. The number of halogens is 3. The van der Waals surface area contributed by atoms with Crippen molar-refractivity contribution in [2.45, 2.75) is 19.3 Å². The van der Waals surface area contributed by atoms with Crippen LogP contribution in [0.1, 0.15) is 35.1 Å². The lowest BCUT2D eigenvalue weighted by molar-refractivity contribution is 0.576. The van der Waals surface area contributed by atoms with E-state index in [-0.39, 0.29) is 11.1 Å². The van der Waals surface area contributed by atoms with Crippen LogP contribution in [0, 0.1) is 40.6 Å². The summed E-state index contributed by atoms with van der Waals surface area (Å²) in [6, 6.07) is 8.07. The number of unbranched alkanes of at least 4 members (excludes halogenated alkanes) is 1. The zero-order valence-corrected chi connectivity index (χ0v) is 12.9. The summed E-state index contributed by atoms with van der Waals surface area (Å²) in [5.41, 5.74) is 0.386. The van der Waals surface area contributed by atoms with Gasteiger partial charge in [0, 0.05) is 5.56 Å². The molecule has 4 heteroatoms. The summed E-state index contributed by atoms with van der Waals surface area (Å²) in [5.74, 6) is 2.62. The van der Waals surface area contributed by atoms with Gasteiger partial charge in [0.05, 0.1) is 5.56 Å². The van der Waals surface area contributed by atoms with Crippen LogP contribution in [-0.4, -0.2) is 0 Å². The maximum Gasteiger partial charge on any atom is 0.145 e. The van der Waals surface area contributed by atoms with E-state index in [2.05, 4.69) is 18.4 Å². The Kier molecular flexibility index (Phi) is 5.82. The van der Waals surface area contributed by atoms with Crippen LogP contribution in [0.3, 0.4) is 0 Å². The van der Waals surface area contributed by atoms with Gasteiger partial charge in [0.1, 0.15) is 29.1 Å². The van der Waals surface area contributed by atoms with Crippen LogP contribution in [0.15, 0.2) is 43.0 Å². The third-order valence-electron chi connectivity index (χ3n) is 3.40. The summed E-state index contributed by atoms with van der Waals surface area (Å²) in [6.07, 6.45) is 4.30. The van der Waals surface area contributed by atoms with Crippen molar-refractivity contribution in [1.29, 1.82) is 5.26 Å². The molecule has 1 nitrogen and oxygen atoms in total. The standard InChI is InChI=1S/C20H14F3N/c1-2-3-4-5-14-6-8-16(18(21)10-14)9-7-15-11-19(22)17(13-24)20(23)12-15/h2,6,8,10-12H,1,3-5H2. The number of aryl methyl sites for hydroxylation is 1. The van der Waals surface area contributed by atoms with Gasteiger partial charge >= 0.3 is 0 Å².